The Kier molecular flexibility index (Phi) is 8.41. The fourth-order valence-corrected chi connectivity index (χ4v) is 8.19. The number of piperidine rings is 1. The highest BCUT2D eigenvalue weighted by atomic mass is 16.4. The summed E-state index contributed by atoms with van der Waals surface area (Å²) in [5, 5.41) is 61.2. The number of Topliss-reactive ketones (excluding diaryl/α,β-unsaturated/α-hetero) is 2. The van der Waals surface area contributed by atoms with Gasteiger partial charge in [-0.2, -0.15) is 0 Å². The van der Waals surface area contributed by atoms with E-state index in [1.807, 2.05) is 18.2 Å². The highest BCUT2D eigenvalue weighted by Crippen LogP contribution is 2.56. The average molecular weight is 647 g/mol. The number of fused-ring (bicyclic) bond motifs is 3. The van der Waals surface area contributed by atoms with Crippen LogP contribution in [0.2, 0.25) is 0 Å². The van der Waals surface area contributed by atoms with E-state index in [1.165, 1.54) is 24.6 Å². The van der Waals surface area contributed by atoms with Crippen LogP contribution in [0.25, 0.3) is 5.76 Å². The fraction of sp³-hybridized carbons (Fsp3) is 0.457. The van der Waals surface area contributed by atoms with Crippen LogP contribution in [-0.2, 0) is 20.8 Å². The zero-order chi connectivity index (χ0) is 33.9. The smallest absolute Gasteiger partial charge is 0.255 e. The van der Waals surface area contributed by atoms with Crippen LogP contribution in [0, 0.1) is 11.8 Å². The fourth-order valence-electron chi connectivity index (χ4n) is 8.19. The molecule has 2 aromatic carbocycles. The van der Waals surface area contributed by atoms with E-state index in [4.69, 9.17) is 5.73 Å². The lowest BCUT2D eigenvalue weighted by molar-refractivity contribution is -0.169. The zero-order valence-corrected chi connectivity index (χ0v) is 26.7. The van der Waals surface area contributed by atoms with Gasteiger partial charge in [-0.15, -0.1) is 0 Å². The first-order valence-corrected chi connectivity index (χ1v) is 16.0. The summed E-state index contributed by atoms with van der Waals surface area (Å²) in [6.45, 7) is 4.41. The van der Waals surface area contributed by atoms with Crippen molar-refractivity contribution in [3.05, 3.63) is 76.1 Å². The van der Waals surface area contributed by atoms with Crippen molar-refractivity contribution in [3.8, 4) is 5.75 Å². The number of hydrogen-bond acceptors (Lipinski definition) is 11. The molecule has 0 radical (unpaired) electrons. The molecule has 4 aliphatic rings. The van der Waals surface area contributed by atoms with Crippen LogP contribution in [0.15, 0.2) is 59.4 Å². The topological polar surface area (TPSA) is 197 Å². The highest BCUT2D eigenvalue weighted by Gasteiger charge is 2.68. The lowest BCUT2D eigenvalue weighted by Gasteiger charge is -2.53. The number of aliphatic hydroxyl groups is 4. The number of likely N-dealkylation sites (tertiary alicyclic amines) is 1. The Balaban J connectivity index is 1.30. The van der Waals surface area contributed by atoms with Gasteiger partial charge in [0, 0.05) is 37.2 Å². The summed E-state index contributed by atoms with van der Waals surface area (Å²) < 4.78 is 0. The summed E-state index contributed by atoms with van der Waals surface area (Å²) in [7, 11) is 2.95. The predicted octanol–water partition coefficient (Wildman–Crippen LogP) is 1.61. The summed E-state index contributed by atoms with van der Waals surface area (Å²) in [4.78, 5) is 43.5. The van der Waals surface area contributed by atoms with Gasteiger partial charge >= 0.3 is 0 Å². The standard InChI is InChI=1S/C35H42N4O8/c1-17-20-9-10-21(37-19-12-15-39(16-13-19)14-11-18-7-5-4-6-8-18)28(40)23(20)29(41)24-22(17)30(42)26-27(38(2)3)31(43)25(34(36)46)33(45)35(26,47)32(24)44/h4-10,17,19,22,26-27,30,37,40-42,45,47H,11-16H2,1-3H3,(H2,36,46). The first kappa shape index (κ1) is 32.7. The first-order chi connectivity index (χ1) is 22.3. The summed E-state index contributed by atoms with van der Waals surface area (Å²) in [5.41, 5.74) is 3.20. The maximum absolute atomic E-state index is 14.2. The van der Waals surface area contributed by atoms with Crippen molar-refractivity contribution in [1.82, 2.24) is 9.80 Å². The van der Waals surface area contributed by atoms with Gasteiger partial charge in [-0.3, -0.25) is 19.3 Å². The third kappa shape index (κ3) is 5.10. The van der Waals surface area contributed by atoms with E-state index in [0.29, 0.717) is 11.3 Å². The van der Waals surface area contributed by atoms with Crippen molar-refractivity contribution in [2.24, 2.45) is 17.6 Å². The van der Waals surface area contributed by atoms with Gasteiger partial charge in [-0.1, -0.05) is 43.3 Å². The number of aliphatic hydroxyl groups excluding tert-OH is 3. The molecule has 12 heteroatoms. The molecule has 2 aromatic rings. The van der Waals surface area contributed by atoms with Crippen LogP contribution in [0.4, 0.5) is 5.69 Å². The molecular weight excluding hydrogens is 604 g/mol. The lowest BCUT2D eigenvalue weighted by atomic mass is 9.54. The quantitative estimate of drug-likeness (QED) is 0.171. The number of carbonyl (C=O) groups excluding carboxylic acids is 3. The summed E-state index contributed by atoms with van der Waals surface area (Å²) in [5.74, 6) is -8.99. The molecule has 8 N–H and O–H groups in total. The number of nitrogens with zero attached hydrogens (tertiary/aromatic N) is 2. The van der Waals surface area contributed by atoms with Crippen molar-refractivity contribution in [3.63, 3.8) is 0 Å². The van der Waals surface area contributed by atoms with E-state index in [2.05, 4.69) is 22.3 Å². The van der Waals surface area contributed by atoms with Crippen LogP contribution in [0.5, 0.6) is 5.75 Å². The summed E-state index contributed by atoms with van der Waals surface area (Å²) in [6, 6.07) is 12.4. The predicted molar refractivity (Wildman–Crippen MR) is 174 cm³/mol. The number of phenols is 1. The third-order valence-electron chi connectivity index (χ3n) is 10.6. The van der Waals surface area contributed by atoms with Crippen molar-refractivity contribution in [1.29, 1.82) is 0 Å². The summed E-state index contributed by atoms with van der Waals surface area (Å²) in [6.07, 6.45) is 0.994. The molecule has 6 atom stereocenters. The normalized spacial score (nSPS) is 29.9. The molecule has 0 bridgehead atoms. The minimum absolute atomic E-state index is 0.0220. The molecule has 0 aromatic heterocycles. The molecule has 250 valence electrons. The summed E-state index contributed by atoms with van der Waals surface area (Å²) >= 11 is 0. The third-order valence-corrected chi connectivity index (χ3v) is 10.6. The lowest BCUT2D eigenvalue weighted by Crippen LogP contribution is -2.70. The molecule has 12 nitrogen and oxygen atoms in total. The number of primary amides is 1. The number of benzene rings is 2. The van der Waals surface area contributed by atoms with Crippen LogP contribution in [0.3, 0.4) is 0 Å². The second kappa shape index (κ2) is 12.1. The SMILES string of the molecule is CC1c2ccc(NC3CCN(CCc4ccccc4)CC3)c(O)c2C(O)=C2C(=O)C3(O)C(O)=C(C(N)=O)C(=O)C(N(C)C)C3C(O)C21. The van der Waals surface area contributed by atoms with Crippen LogP contribution >= 0.6 is 0 Å². The largest absolute Gasteiger partial charge is 0.508 e. The molecule has 6 rings (SSSR count). The molecule has 3 aliphatic carbocycles. The van der Waals surface area contributed by atoms with E-state index in [9.17, 15) is 39.9 Å². The van der Waals surface area contributed by atoms with E-state index < -0.39 is 75.6 Å². The Hall–Kier alpha value is -4.23. The van der Waals surface area contributed by atoms with Gasteiger partial charge < -0.3 is 41.5 Å². The number of nitrogens with two attached hydrogens (primary N) is 1. The number of phenolic OH excluding ortho intramolecular Hbond substituents is 1. The number of carbonyl (C=O) groups is 3. The maximum atomic E-state index is 14.2. The Bertz CT molecular complexity index is 1680. The number of anilines is 1. The van der Waals surface area contributed by atoms with Crippen molar-refractivity contribution >= 4 is 28.9 Å². The van der Waals surface area contributed by atoms with Gasteiger partial charge in [0.25, 0.3) is 5.91 Å². The van der Waals surface area contributed by atoms with E-state index >= 15 is 0 Å². The molecule has 1 heterocycles. The molecule has 1 amide bonds. The van der Waals surface area contributed by atoms with E-state index in [1.54, 1.807) is 19.1 Å². The molecule has 6 unspecified atom stereocenters. The van der Waals surface area contributed by atoms with Crippen LogP contribution in [0.1, 0.15) is 42.4 Å². The monoisotopic (exact) mass is 646 g/mol. The minimum Gasteiger partial charge on any atom is -0.508 e. The van der Waals surface area contributed by atoms with Gasteiger partial charge in [-0.05, 0) is 56.5 Å². The van der Waals surface area contributed by atoms with E-state index in [-0.39, 0.29) is 17.4 Å². The number of likely N-dealkylation sites (N-methyl/N-ethyl adjacent to an activating group) is 1. The van der Waals surface area contributed by atoms with Gasteiger partial charge in [0.1, 0.15) is 22.8 Å². The Morgan fingerprint density at radius 2 is 1.72 bits per heavy atom. The highest BCUT2D eigenvalue weighted by molar-refractivity contribution is 6.24. The molecule has 47 heavy (non-hydrogen) atoms. The first-order valence-electron chi connectivity index (χ1n) is 16.0. The zero-order valence-electron chi connectivity index (χ0n) is 26.7. The maximum Gasteiger partial charge on any atom is 0.255 e. The number of ketones is 2. The van der Waals surface area contributed by atoms with Gasteiger partial charge in [0.05, 0.1) is 29.3 Å². The second-order valence-corrected chi connectivity index (χ2v) is 13.5. The van der Waals surface area contributed by atoms with Gasteiger partial charge in [0.15, 0.2) is 11.4 Å². The number of nitrogens with one attached hydrogen (secondary N) is 1. The Morgan fingerprint density at radius 3 is 2.34 bits per heavy atom. The minimum atomic E-state index is -2.94. The number of amides is 1. The second-order valence-electron chi connectivity index (χ2n) is 13.5. The number of hydrogen-bond donors (Lipinski definition) is 7. The molecule has 1 saturated heterocycles. The Labute approximate surface area is 272 Å². The number of aromatic hydroxyl groups is 1. The van der Waals surface area contributed by atoms with Gasteiger partial charge in [0.2, 0.25) is 5.78 Å². The van der Waals surface area contributed by atoms with Crippen LogP contribution < -0.4 is 11.1 Å². The van der Waals surface area contributed by atoms with Crippen molar-refractivity contribution < 1.29 is 39.9 Å². The molecule has 2 fully saturated rings. The Morgan fingerprint density at radius 1 is 1.06 bits per heavy atom. The molecule has 0 spiro atoms. The van der Waals surface area contributed by atoms with Crippen LogP contribution in [-0.4, -0.2) is 110 Å². The van der Waals surface area contributed by atoms with E-state index in [0.717, 1.165) is 38.9 Å². The molecular formula is C35H42N4O8. The van der Waals surface area contributed by atoms with Crippen molar-refractivity contribution in [2.75, 3.05) is 39.0 Å². The average Bonchev–Trinajstić information content (AvgIpc) is 3.03. The van der Waals surface area contributed by atoms with Crippen molar-refractivity contribution in [2.45, 2.75) is 55.9 Å². The number of rotatable bonds is 7. The molecule has 1 aliphatic heterocycles. The van der Waals surface area contributed by atoms with Gasteiger partial charge in [-0.25, -0.2) is 0 Å². The molecule has 1 saturated carbocycles.